The molecule has 0 aliphatic carbocycles. The zero-order valence-electron chi connectivity index (χ0n) is 18.8. The van der Waals surface area contributed by atoms with Gasteiger partial charge in [0.05, 0.1) is 23.5 Å². The van der Waals surface area contributed by atoms with Crippen molar-refractivity contribution in [1.82, 2.24) is 30.0 Å². The molecule has 1 saturated heterocycles. The van der Waals surface area contributed by atoms with Crippen LogP contribution in [0.3, 0.4) is 0 Å². The Labute approximate surface area is 197 Å². The van der Waals surface area contributed by atoms with E-state index < -0.39 is 0 Å². The zero-order valence-corrected chi connectivity index (χ0v) is 18.8. The summed E-state index contributed by atoms with van der Waals surface area (Å²) < 4.78 is 1.76. The van der Waals surface area contributed by atoms with E-state index in [0.717, 1.165) is 36.3 Å². The van der Waals surface area contributed by atoms with Gasteiger partial charge in [0.2, 0.25) is 0 Å². The molecule has 34 heavy (non-hydrogen) atoms. The van der Waals surface area contributed by atoms with Gasteiger partial charge in [0.1, 0.15) is 6.33 Å². The minimum Gasteiger partial charge on any atom is -0.351 e. The predicted octanol–water partition coefficient (Wildman–Crippen LogP) is 3.09. The van der Waals surface area contributed by atoms with Crippen molar-refractivity contribution in [2.45, 2.75) is 12.8 Å². The number of benzene rings is 2. The Morgan fingerprint density at radius 2 is 1.82 bits per heavy atom. The molecular weight excluding hydrogens is 428 g/mol. The smallest absolute Gasteiger partial charge is 0.251 e. The van der Waals surface area contributed by atoms with Crippen molar-refractivity contribution in [2.24, 2.45) is 5.10 Å². The Kier molecular flexibility index (Phi) is 6.53. The standard InChI is InChI=1S/C25H26N8O/c34-25(26-12-15-32-13-4-5-14-32)20-10-8-19(9-11-20)16-29-31-23-22-17-30-33(24(22)28-18-27-23)21-6-2-1-3-7-21/h1-3,6-11,16-18H,4-5,12-15H2,(H,26,34)(H,27,28,31). The third-order valence-electron chi connectivity index (χ3n) is 5.84. The summed E-state index contributed by atoms with van der Waals surface area (Å²) in [6.07, 6.45) is 7.40. The van der Waals surface area contributed by atoms with Crippen molar-refractivity contribution in [3.8, 4) is 5.69 Å². The van der Waals surface area contributed by atoms with E-state index in [2.05, 4.69) is 35.8 Å². The third-order valence-corrected chi connectivity index (χ3v) is 5.84. The minimum atomic E-state index is -0.0559. The maximum Gasteiger partial charge on any atom is 0.251 e. The average molecular weight is 455 g/mol. The first-order valence-corrected chi connectivity index (χ1v) is 11.4. The molecular formula is C25H26N8O. The molecule has 0 saturated carbocycles. The molecule has 4 aromatic rings. The third kappa shape index (κ3) is 4.94. The Balaban J connectivity index is 1.19. The highest BCUT2D eigenvalue weighted by Gasteiger charge is 2.12. The molecule has 2 aromatic heterocycles. The lowest BCUT2D eigenvalue weighted by Crippen LogP contribution is -2.33. The lowest BCUT2D eigenvalue weighted by atomic mass is 10.1. The van der Waals surface area contributed by atoms with E-state index in [1.54, 1.807) is 29.2 Å². The lowest BCUT2D eigenvalue weighted by Gasteiger charge is -2.14. The fourth-order valence-corrected chi connectivity index (χ4v) is 4.02. The van der Waals surface area contributed by atoms with Crippen LogP contribution in [0.2, 0.25) is 0 Å². The topological polar surface area (TPSA) is 100 Å². The van der Waals surface area contributed by atoms with Gasteiger partial charge in [-0.2, -0.15) is 10.2 Å². The van der Waals surface area contributed by atoms with Crippen LogP contribution >= 0.6 is 0 Å². The van der Waals surface area contributed by atoms with Crippen LogP contribution in [-0.4, -0.2) is 62.9 Å². The first-order valence-electron chi connectivity index (χ1n) is 11.4. The van der Waals surface area contributed by atoms with Gasteiger partial charge < -0.3 is 10.2 Å². The second-order valence-corrected chi connectivity index (χ2v) is 8.15. The van der Waals surface area contributed by atoms with Crippen molar-refractivity contribution < 1.29 is 4.79 Å². The summed E-state index contributed by atoms with van der Waals surface area (Å²) in [6, 6.07) is 17.1. The van der Waals surface area contributed by atoms with Gasteiger partial charge in [-0.15, -0.1) is 0 Å². The van der Waals surface area contributed by atoms with Gasteiger partial charge in [-0.3, -0.25) is 10.2 Å². The fourth-order valence-electron chi connectivity index (χ4n) is 4.02. The van der Waals surface area contributed by atoms with E-state index in [1.165, 1.54) is 19.2 Å². The van der Waals surface area contributed by atoms with Crippen LogP contribution in [0.1, 0.15) is 28.8 Å². The first-order chi connectivity index (χ1) is 16.8. The van der Waals surface area contributed by atoms with Gasteiger partial charge in [-0.25, -0.2) is 14.6 Å². The minimum absolute atomic E-state index is 0.0559. The number of amides is 1. The number of fused-ring (bicyclic) bond motifs is 1. The van der Waals surface area contributed by atoms with Crippen molar-refractivity contribution >= 4 is 29.0 Å². The van der Waals surface area contributed by atoms with Crippen molar-refractivity contribution in [3.05, 3.63) is 78.2 Å². The summed E-state index contributed by atoms with van der Waals surface area (Å²) in [6.45, 7) is 3.84. The molecule has 9 heteroatoms. The summed E-state index contributed by atoms with van der Waals surface area (Å²) in [5, 5.41) is 12.5. The number of hydrogen-bond acceptors (Lipinski definition) is 7. The molecule has 1 fully saturated rings. The number of rotatable bonds is 8. The van der Waals surface area contributed by atoms with Crippen LogP contribution in [0, 0.1) is 0 Å². The quantitative estimate of drug-likeness (QED) is 0.314. The van der Waals surface area contributed by atoms with Crippen molar-refractivity contribution in [3.63, 3.8) is 0 Å². The average Bonchev–Trinajstić information content (AvgIpc) is 3.55. The van der Waals surface area contributed by atoms with Gasteiger partial charge in [0, 0.05) is 18.7 Å². The van der Waals surface area contributed by atoms with Gasteiger partial charge in [0.25, 0.3) is 5.91 Å². The van der Waals surface area contributed by atoms with Crippen LogP contribution in [0.25, 0.3) is 16.7 Å². The maximum atomic E-state index is 12.4. The number of carbonyl (C=O) groups is 1. The van der Waals surface area contributed by atoms with Crippen molar-refractivity contribution in [2.75, 3.05) is 31.6 Å². The molecule has 0 radical (unpaired) electrons. The van der Waals surface area contributed by atoms with E-state index in [9.17, 15) is 4.79 Å². The predicted molar refractivity (Wildman–Crippen MR) is 132 cm³/mol. The van der Waals surface area contributed by atoms with Crippen LogP contribution in [0.5, 0.6) is 0 Å². The van der Waals surface area contributed by atoms with Gasteiger partial charge >= 0.3 is 0 Å². The number of para-hydroxylation sites is 1. The normalized spacial score (nSPS) is 14.1. The number of anilines is 1. The highest BCUT2D eigenvalue weighted by Crippen LogP contribution is 2.21. The molecule has 9 nitrogen and oxygen atoms in total. The number of likely N-dealkylation sites (tertiary alicyclic amines) is 1. The van der Waals surface area contributed by atoms with Crippen molar-refractivity contribution in [1.29, 1.82) is 0 Å². The summed E-state index contributed by atoms with van der Waals surface area (Å²) >= 11 is 0. The second-order valence-electron chi connectivity index (χ2n) is 8.15. The largest absolute Gasteiger partial charge is 0.351 e. The fraction of sp³-hybridized carbons (Fsp3) is 0.240. The zero-order chi connectivity index (χ0) is 23.2. The highest BCUT2D eigenvalue weighted by atomic mass is 16.1. The van der Waals surface area contributed by atoms with Gasteiger partial charge in [-0.1, -0.05) is 30.3 Å². The monoisotopic (exact) mass is 454 g/mol. The molecule has 2 aromatic carbocycles. The van der Waals surface area contributed by atoms with Gasteiger partial charge in [0.15, 0.2) is 11.5 Å². The maximum absolute atomic E-state index is 12.4. The highest BCUT2D eigenvalue weighted by molar-refractivity contribution is 5.95. The van der Waals surface area contributed by atoms with Crippen LogP contribution in [0.15, 0.2) is 72.2 Å². The SMILES string of the molecule is O=C(NCCN1CCCC1)c1ccc(C=NNc2ncnc3c2cnn3-c2ccccc2)cc1. The van der Waals surface area contributed by atoms with E-state index in [1.807, 2.05) is 42.5 Å². The number of hydrazone groups is 1. The second kappa shape index (κ2) is 10.2. The van der Waals surface area contributed by atoms with E-state index in [0.29, 0.717) is 23.6 Å². The lowest BCUT2D eigenvalue weighted by molar-refractivity contribution is 0.0949. The Morgan fingerprint density at radius 3 is 2.62 bits per heavy atom. The van der Waals surface area contributed by atoms with Crippen LogP contribution in [-0.2, 0) is 0 Å². The number of nitrogens with one attached hydrogen (secondary N) is 2. The number of carbonyl (C=O) groups excluding carboxylic acids is 1. The molecule has 5 rings (SSSR count). The van der Waals surface area contributed by atoms with E-state index in [4.69, 9.17) is 0 Å². The van der Waals surface area contributed by atoms with Crippen LogP contribution < -0.4 is 10.7 Å². The van der Waals surface area contributed by atoms with E-state index in [-0.39, 0.29) is 5.91 Å². The molecule has 0 atom stereocenters. The summed E-state index contributed by atoms with van der Waals surface area (Å²) in [5.74, 6) is 0.511. The number of aromatic nitrogens is 4. The molecule has 1 aliphatic rings. The van der Waals surface area contributed by atoms with Crippen LogP contribution in [0.4, 0.5) is 5.82 Å². The Bertz CT molecular complexity index is 1280. The number of hydrogen-bond donors (Lipinski definition) is 2. The van der Waals surface area contributed by atoms with E-state index >= 15 is 0 Å². The molecule has 0 unspecified atom stereocenters. The molecule has 0 spiro atoms. The summed E-state index contributed by atoms with van der Waals surface area (Å²) in [7, 11) is 0. The molecule has 0 bridgehead atoms. The van der Waals surface area contributed by atoms with Gasteiger partial charge in [-0.05, 0) is 55.8 Å². The Morgan fingerprint density at radius 1 is 1.03 bits per heavy atom. The molecule has 3 heterocycles. The molecule has 1 amide bonds. The molecule has 172 valence electrons. The number of nitrogens with zero attached hydrogens (tertiary/aromatic N) is 6. The summed E-state index contributed by atoms with van der Waals surface area (Å²) in [5.41, 5.74) is 6.09. The first kappa shape index (κ1) is 21.7. The summed E-state index contributed by atoms with van der Waals surface area (Å²) in [4.78, 5) is 23.4. The molecule has 2 N–H and O–H groups in total. The Hall–Kier alpha value is -4.11. The molecule has 1 aliphatic heterocycles.